The highest BCUT2D eigenvalue weighted by molar-refractivity contribution is 7.89. The highest BCUT2D eigenvalue weighted by Crippen LogP contribution is 2.27. The van der Waals surface area contributed by atoms with Gasteiger partial charge in [-0.25, -0.2) is 17.7 Å². The Balaban J connectivity index is 1.75. The van der Waals surface area contributed by atoms with Gasteiger partial charge >= 0.3 is 0 Å². The SMILES string of the molecule is CN(C)S(=O)(=O)c1ccc(C(=O)Nc2nc(-c3cccc([N+](=O)[O-])c3)cs2)cc1. The number of nitro benzene ring substituents is 1. The second-order valence-corrected chi connectivity index (χ2v) is 9.12. The number of thiazole rings is 1. The summed E-state index contributed by atoms with van der Waals surface area (Å²) >= 11 is 1.18. The number of carbonyl (C=O) groups is 1. The second kappa shape index (κ2) is 8.07. The van der Waals surface area contributed by atoms with Gasteiger partial charge in [0.05, 0.1) is 15.5 Å². The van der Waals surface area contributed by atoms with Crippen LogP contribution in [0, 0.1) is 10.1 Å². The van der Waals surface area contributed by atoms with Crippen molar-refractivity contribution in [1.29, 1.82) is 0 Å². The number of non-ortho nitro benzene ring substituents is 1. The topological polar surface area (TPSA) is 123 Å². The summed E-state index contributed by atoms with van der Waals surface area (Å²) in [5, 5.41) is 15.5. The van der Waals surface area contributed by atoms with Crippen LogP contribution in [0.1, 0.15) is 10.4 Å². The zero-order chi connectivity index (χ0) is 21.2. The van der Waals surface area contributed by atoms with Crippen LogP contribution in [0.2, 0.25) is 0 Å². The van der Waals surface area contributed by atoms with Crippen molar-refractivity contribution in [2.75, 3.05) is 19.4 Å². The number of amides is 1. The number of sulfonamides is 1. The molecule has 9 nitrogen and oxygen atoms in total. The number of hydrogen-bond donors (Lipinski definition) is 1. The summed E-state index contributed by atoms with van der Waals surface area (Å²) in [5.74, 6) is -0.446. The molecule has 1 N–H and O–H groups in total. The van der Waals surface area contributed by atoms with E-state index in [1.54, 1.807) is 17.5 Å². The van der Waals surface area contributed by atoms with Crippen LogP contribution in [0.4, 0.5) is 10.8 Å². The van der Waals surface area contributed by atoms with Crippen LogP contribution in [0.25, 0.3) is 11.3 Å². The third-order valence-corrected chi connectivity index (χ3v) is 6.56. The van der Waals surface area contributed by atoms with Crippen molar-refractivity contribution >= 4 is 38.1 Å². The summed E-state index contributed by atoms with van der Waals surface area (Å²) < 4.78 is 25.3. The first-order valence-electron chi connectivity index (χ1n) is 8.23. The Morgan fingerprint density at radius 1 is 1.17 bits per heavy atom. The second-order valence-electron chi connectivity index (χ2n) is 6.11. The molecular formula is C18H16N4O5S2. The molecule has 3 rings (SSSR count). The van der Waals surface area contributed by atoms with Crippen LogP contribution in [-0.4, -0.2) is 42.6 Å². The van der Waals surface area contributed by atoms with E-state index in [9.17, 15) is 23.3 Å². The van der Waals surface area contributed by atoms with Gasteiger partial charge in [0.2, 0.25) is 10.0 Å². The van der Waals surface area contributed by atoms with E-state index in [-0.39, 0.29) is 16.1 Å². The number of benzene rings is 2. The maximum Gasteiger partial charge on any atom is 0.270 e. The van der Waals surface area contributed by atoms with Crippen molar-refractivity contribution in [1.82, 2.24) is 9.29 Å². The van der Waals surface area contributed by atoms with E-state index in [0.717, 1.165) is 4.31 Å². The van der Waals surface area contributed by atoms with E-state index >= 15 is 0 Å². The molecule has 1 aromatic heterocycles. The fourth-order valence-electron chi connectivity index (χ4n) is 2.40. The molecular weight excluding hydrogens is 416 g/mol. The number of nitro groups is 1. The van der Waals surface area contributed by atoms with Gasteiger partial charge in [0, 0.05) is 42.7 Å². The van der Waals surface area contributed by atoms with Crippen LogP contribution < -0.4 is 5.32 Å². The number of nitrogens with zero attached hydrogens (tertiary/aromatic N) is 3. The Morgan fingerprint density at radius 2 is 1.86 bits per heavy atom. The summed E-state index contributed by atoms with van der Waals surface area (Å²) in [4.78, 5) is 27.2. The van der Waals surface area contributed by atoms with Crippen molar-refractivity contribution < 1.29 is 18.1 Å². The Morgan fingerprint density at radius 3 is 2.48 bits per heavy atom. The largest absolute Gasteiger partial charge is 0.298 e. The number of nitrogens with one attached hydrogen (secondary N) is 1. The van der Waals surface area contributed by atoms with Gasteiger partial charge in [0.15, 0.2) is 5.13 Å². The molecule has 0 bridgehead atoms. The van der Waals surface area contributed by atoms with E-state index in [4.69, 9.17) is 0 Å². The lowest BCUT2D eigenvalue weighted by Gasteiger charge is -2.11. The predicted octanol–water partition coefficient (Wildman–Crippen LogP) is 3.22. The minimum Gasteiger partial charge on any atom is -0.298 e. The van der Waals surface area contributed by atoms with E-state index in [0.29, 0.717) is 16.4 Å². The van der Waals surface area contributed by atoms with Gasteiger partial charge in [0.1, 0.15) is 0 Å². The van der Waals surface area contributed by atoms with Gasteiger partial charge in [-0.05, 0) is 24.3 Å². The molecule has 0 atom stereocenters. The van der Waals surface area contributed by atoms with Gasteiger partial charge in [-0.1, -0.05) is 12.1 Å². The van der Waals surface area contributed by atoms with Crippen LogP contribution in [0.15, 0.2) is 58.8 Å². The predicted molar refractivity (Wildman–Crippen MR) is 109 cm³/mol. The van der Waals surface area contributed by atoms with Crippen molar-refractivity contribution in [3.05, 3.63) is 69.6 Å². The highest BCUT2D eigenvalue weighted by atomic mass is 32.2. The molecule has 0 aliphatic rings. The summed E-state index contributed by atoms with van der Waals surface area (Å²) in [5.41, 5.74) is 1.29. The maximum absolute atomic E-state index is 12.4. The highest BCUT2D eigenvalue weighted by Gasteiger charge is 2.18. The zero-order valence-corrected chi connectivity index (χ0v) is 17.0. The quantitative estimate of drug-likeness (QED) is 0.471. The van der Waals surface area contributed by atoms with Gasteiger partial charge < -0.3 is 0 Å². The molecule has 0 unspecified atom stereocenters. The monoisotopic (exact) mass is 432 g/mol. The third kappa shape index (κ3) is 4.47. The smallest absolute Gasteiger partial charge is 0.270 e. The number of anilines is 1. The molecule has 3 aromatic rings. The summed E-state index contributed by atoms with van der Waals surface area (Å²) in [6.45, 7) is 0. The fraction of sp³-hybridized carbons (Fsp3) is 0.111. The number of rotatable bonds is 6. The molecule has 0 spiro atoms. The number of carbonyl (C=O) groups excluding carboxylic acids is 1. The molecule has 0 radical (unpaired) electrons. The lowest BCUT2D eigenvalue weighted by Crippen LogP contribution is -2.22. The first-order valence-corrected chi connectivity index (χ1v) is 10.5. The molecule has 11 heteroatoms. The zero-order valence-electron chi connectivity index (χ0n) is 15.4. The van der Waals surface area contributed by atoms with Crippen molar-refractivity contribution in [2.45, 2.75) is 4.90 Å². The Hall–Kier alpha value is -3.15. The van der Waals surface area contributed by atoms with E-state index < -0.39 is 20.9 Å². The average Bonchev–Trinajstić information content (AvgIpc) is 3.16. The van der Waals surface area contributed by atoms with Gasteiger partial charge in [-0.3, -0.25) is 20.2 Å². The van der Waals surface area contributed by atoms with E-state index in [2.05, 4.69) is 10.3 Å². The molecule has 1 amide bonds. The fourth-order valence-corrected chi connectivity index (χ4v) is 4.02. The van der Waals surface area contributed by atoms with Crippen molar-refractivity contribution in [3.8, 4) is 11.3 Å². The normalized spacial score (nSPS) is 11.4. The Bertz CT molecular complexity index is 1170. The van der Waals surface area contributed by atoms with Crippen LogP contribution in [-0.2, 0) is 10.0 Å². The maximum atomic E-state index is 12.4. The summed E-state index contributed by atoms with van der Waals surface area (Å²) in [6, 6.07) is 11.6. The first-order chi connectivity index (χ1) is 13.7. The first kappa shape index (κ1) is 20.6. The average molecular weight is 432 g/mol. The third-order valence-electron chi connectivity index (χ3n) is 3.97. The molecule has 2 aromatic carbocycles. The molecule has 0 aliphatic heterocycles. The number of aromatic nitrogens is 1. The number of hydrogen-bond acceptors (Lipinski definition) is 7. The van der Waals surface area contributed by atoms with Crippen LogP contribution in [0.5, 0.6) is 0 Å². The Labute approximate surface area is 170 Å². The molecule has 0 aliphatic carbocycles. The molecule has 0 fully saturated rings. The molecule has 29 heavy (non-hydrogen) atoms. The van der Waals surface area contributed by atoms with Gasteiger partial charge in [-0.15, -0.1) is 11.3 Å². The molecule has 0 saturated heterocycles. The Kier molecular flexibility index (Phi) is 5.73. The van der Waals surface area contributed by atoms with Gasteiger partial charge in [0.25, 0.3) is 11.6 Å². The lowest BCUT2D eigenvalue weighted by molar-refractivity contribution is -0.384. The molecule has 150 valence electrons. The summed E-state index contributed by atoms with van der Waals surface area (Å²) in [7, 11) is -0.716. The molecule has 0 saturated carbocycles. The summed E-state index contributed by atoms with van der Waals surface area (Å²) in [6.07, 6.45) is 0. The van der Waals surface area contributed by atoms with Crippen LogP contribution in [0.3, 0.4) is 0 Å². The minimum absolute atomic E-state index is 0.0474. The lowest BCUT2D eigenvalue weighted by atomic mass is 10.1. The van der Waals surface area contributed by atoms with Crippen molar-refractivity contribution in [2.24, 2.45) is 0 Å². The standard InChI is InChI=1S/C18H16N4O5S2/c1-21(2)29(26,27)15-8-6-12(7-9-15)17(23)20-18-19-16(11-28-18)13-4-3-5-14(10-13)22(24)25/h3-11H,1-2H3,(H,19,20,23). The van der Waals surface area contributed by atoms with Gasteiger partial charge in [-0.2, -0.15) is 0 Å². The molecule has 1 heterocycles. The van der Waals surface area contributed by atoms with E-state index in [1.807, 2.05) is 0 Å². The van der Waals surface area contributed by atoms with Crippen LogP contribution >= 0.6 is 11.3 Å². The van der Waals surface area contributed by atoms with E-state index in [1.165, 1.54) is 61.8 Å². The van der Waals surface area contributed by atoms with Crippen molar-refractivity contribution in [3.63, 3.8) is 0 Å². The minimum atomic E-state index is -3.57.